The van der Waals surface area contributed by atoms with Gasteiger partial charge in [-0.05, 0) is 49.1 Å². The van der Waals surface area contributed by atoms with E-state index in [1.807, 2.05) is 43.3 Å². The highest BCUT2D eigenvalue weighted by atomic mass is 35.5. The molecular weight excluding hydrogens is 475 g/mol. The van der Waals surface area contributed by atoms with Crippen molar-refractivity contribution in [3.8, 4) is 0 Å². The zero-order valence-electron chi connectivity index (χ0n) is 19.1. The third-order valence-corrected chi connectivity index (χ3v) is 7.76. The first-order valence-electron chi connectivity index (χ1n) is 11.7. The summed E-state index contributed by atoms with van der Waals surface area (Å²) < 4.78 is 0. The lowest BCUT2D eigenvalue weighted by Gasteiger charge is -2.33. The van der Waals surface area contributed by atoms with Crippen molar-refractivity contribution in [2.75, 3.05) is 5.75 Å². The van der Waals surface area contributed by atoms with Gasteiger partial charge in [0, 0.05) is 29.7 Å². The maximum atomic E-state index is 13.4. The summed E-state index contributed by atoms with van der Waals surface area (Å²) in [6.45, 7) is 2.28. The fraction of sp³-hybridized carbons (Fsp3) is 0.462. The van der Waals surface area contributed by atoms with E-state index in [2.05, 4.69) is 5.32 Å². The van der Waals surface area contributed by atoms with Gasteiger partial charge in [0.1, 0.15) is 6.04 Å². The van der Waals surface area contributed by atoms with Crippen LogP contribution in [0.3, 0.4) is 0 Å². The third-order valence-electron chi connectivity index (χ3n) is 6.00. The van der Waals surface area contributed by atoms with E-state index in [4.69, 9.17) is 23.2 Å². The Balaban J connectivity index is 1.72. The van der Waals surface area contributed by atoms with E-state index in [-0.39, 0.29) is 17.9 Å². The number of thioether (sulfide) groups is 1. The highest BCUT2D eigenvalue weighted by Gasteiger charge is 2.30. The van der Waals surface area contributed by atoms with E-state index in [0.29, 0.717) is 35.2 Å². The van der Waals surface area contributed by atoms with Gasteiger partial charge in [-0.25, -0.2) is 0 Å². The van der Waals surface area contributed by atoms with Crippen LogP contribution in [0.1, 0.15) is 57.4 Å². The number of hydrogen-bond donors (Lipinski definition) is 1. The number of carbonyl (C=O) groups is 2. The zero-order valence-corrected chi connectivity index (χ0v) is 21.4. The van der Waals surface area contributed by atoms with Crippen LogP contribution in [0.2, 0.25) is 10.0 Å². The van der Waals surface area contributed by atoms with Crippen LogP contribution in [-0.4, -0.2) is 34.6 Å². The van der Waals surface area contributed by atoms with Crippen LogP contribution in [0.4, 0.5) is 0 Å². The molecule has 0 bridgehead atoms. The molecule has 1 saturated carbocycles. The lowest BCUT2D eigenvalue weighted by Crippen LogP contribution is -2.51. The predicted molar refractivity (Wildman–Crippen MR) is 138 cm³/mol. The van der Waals surface area contributed by atoms with Crippen LogP contribution in [0, 0.1) is 0 Å². The predicted octanol–water partition coefficient (Wildman–Crippen LogP) is 6.73. The van der Waals surface area contributed by atoms with Gasteiger partial charge in [-0.3, -0.25) is 9.59 Å². The van der Waals surface area contributed by atoms with Gasteiger partial charge >= 0.3 is 0 Å². The van der Waals surface area contributed by atoms with Crippen molar-refractivity contribution in [3.05, 3.63) is 64.1 Å². The first-order chi connectivity index (χ1) is 16.0. The molecule has 1 aliphatic carbocycles. The molecule has 0 aliphatic heterocycles. The SMILES string of the molecule is CC[C@H](C(=O)NC1CCCCC1)N(Cc1ccc(Cl)c(Cl)c1)C(=O)CCSc1ccccc1. The molecule has 0 radical (unpaired) electrons. The van der Waals surface area contributed by atoms with Crippen molar-refractivity contribution in [1.82, 2.24) is 10.2 Å². The summed E-state index contributed by atoms with van der Waals surface area (Å²) in [7, 11) is 0. The quantitative estimate of drug-likeness (QED) is 0.363. The third kappa shape index (κ3) is 7.94. The zero-order chi connectivity index (χ0) is 23.6. The number of amides is 2. The molecule has 0 saturated heterocycles. The van der Waals surface area contributed by atoms with Crippen molar-refractivity contribution in [3.63, 3.8) is 0 Å². The Morgan fingerprint density at radius 1 is 1.06 bits per heavy atom. The Morgan fingerprint density at radius 2 is 1.79 bits per heavy atom. The number of nitrogens with one attached hydrogen (secondary N) is 1. The number of nitrogens with zero attached hydrogens (tertiary/aromatic N) is 1. The number of rotatable bonds is 10. The molecule has 0 unspecified atom stereocenters. The van der Waals surface area contributed by atoms with Crippen molar-refractivity contribution in [1.29, 1.82) is 0 Å². The van der Waals surface area contributed by atoms with Crippen molar-refractivity contribution in [2.24, 2.45) is 0 Å². The second kappa shape index (κ2) is 13.3. The molecule has 4 nitrogen and oxygen atoms in total. The van der Waals surface area contributed by atoms with Crippen LogP contribution < -0.4 is 5.32 Å². The van der Waals surface area contributed by atoms with Gasteiger partial charge in [-0.2, -0.15) is 0 Å². The molecule has 1 N–H and O–H groups in total. The van der Waals surface area contributed by atoms with Gasteiger partial charge in [0.2, 0.25) is 11.8 Å². The number of halogens is 2. The Kier molecular flexibility index (Phi) is 10.4. The monoisotopic (exact) mass is 506 g/mol. The minimum absolute atomic E-state index is 0.0323. The Bertz CT molecular complexity index is 920. The summed E-state index contributed by atoms with van der Waals surface area (Å²) >= 11 is 13.9. The van der Waals surface area contributed by atoms with Gasteiger partial charge in [0.25, 0.3) is 0 Å². The fourth-order valence-electron chi connectivity index (χ4n) is 4.22. The minimum atomic E-state index is -0.518. The second-order valence-corrected chi connectivity index (χ2v) is 10.4. The molecule has 0 spiro atoms. The van der Waals surface area contributed by atoms with Crippen LogP contribution >= 0.6 is 35.0 Å². The largest absolute Gasteiger partial charge is 0.352 e. The molecule has 178 valence electrons. The Morgan fingerprint density at radius 3 is 2.45 bits per heavy atom. The number of carbonyl (C=O) groups excluding carboxylic acids is 2. The number of hydrogen-bond acceptors (Lipinski definition) is 3. The molecule has 33 heavy (non-hydrogen) atoms. The van der Waals surface area contributed by atoms with E-state index in [1.54, 1.807) is 28.8 Å². The Labute approximate surface area is 211 Å². The summed E-state index contributed by atoms with van der Waals surface area (Å²) in [5.74, 6) is 0.560. The molecular formula is C26H32Cl2N2O2S. The summed E-state index contributed by atoms with van der Waals surface area (Å²) in [4.78, 5) is 29.4. The van der Waals surface area contributed by atoms with Crippen molar-refractivity contribution >= 4 is 46.8 Å². The average Bonchev–Trinajstić information content (AvgIpc) is 2.82. The molecule has 1 fully saturated rings. The minimum Gasteiger partial charge on any atom is -0.352 e. The van der Waals surface area contributed by atoms with Gasteiger partial charge in [-0.1, -0.05) is 73.7 Å². The van der Waals surface area contributed by atoms with Crippen LogP contribution in [0.25, 0.3) is 0 Å². The maximum Gasteiger partial charge on any atom is 0.243 e. The molecule has 0 aromatic heterocycles. The molecule has 1 atom stereocenters. The topological polar surface area (TPSA) is 49.4 Å². The fourth-order valence-corrected chi connectivity index (χ4v) is 5.40. The summed E-state index contributed by atoms with van der Waals surface area (Å²) in [6, 6.07) is 15.1. The van der Waals surface area contributed by atoms with E-state index in [0.717, 1.165) is 36.1 Å². The van der Waals surface area contributed by atoms with Gasteiger partial charge in [-0.15, -0.1) is 11.8 Å². The first-order valence-corrected chi connectivity index (χ1v) is 13.4. The molecule has 0 heterocycles. The molecule has 2 amide bonds. The normalized spacial score (nSPS) is 15.1. The van der Waals surface area contributed by atoms with Gasteiger partial charge in [0.15, 0.2) is 0 Å². The summed E-state index contributed by atoms with van der Waals surface area (Å²) in [6.07, 6.45) is 6.44. The molecule has 1 aliphatic rings. The average molecular weight is 508 g/mol. The standard InChI is InChI=1S/C26H32Cl2N2O2S/c1-2-24(26(32)29-20-9-5-3-6-10-20)30(18-19-13-14-22(27)23(28)17-19)25(31)15-16-33-21-11-7-4-8-12-21/h4,7-8,11-14,17,20,24H,2-3,5-6,9-10,15-16,18H2,1H3,(H,29,32)/t24-/m1/s1. The lowest BCUT2D eigenvalue weighted by atomic mass is 9.95. The van der Waals surface area contributed by atoms with E-state index in [9.17, 15) is 9.59 Å². The Hall–Kier alpha value is -1.69. The molecule has 2 aromatic rings. The van der Waals surface area contributed by atoms with Crippen LogP contribution in [0.15, 0.2) is 53.4 Å². The highest BCUT2D eigenvalue weighted by Crippen LogP contribution is 2.25. The first kappa shape index (κ1) is 25.9. The van der Waals surface area contributed by atoms with Crippen molar-refractivity contribution < 1.29 is 9.59 Å². The molecule has 7 heteroatoms. The summed E-state index contributed by atoms with van der Waals surface area (Å²) in [5.41, 5.74) is 0.859. The van der Waals surface area contributed by atoms with Crippen LogP contribution in [0.5, 0.6) is 0 Å². The van der Waals surface area contributed by atoms with Crippen molar-refractivity contribution in [2.45, 2.75) is 75.4 Å². The van der Waals surface area contributed by atoms with Crippen LogP contribution in [-0.2, 0) is 16.1 Å². The van der Waals surface area contributed by atoms with Gasteiger partial charge < -0.3 is 10.2 Å². The lowest BCUT2D eigenvalue weighted by molar-refractivity contribution is -0.141. The van der Waals surface area contributed by atoms with E-state index < -0.39 is 6.04 Å². The summed E-state index contributed by atoms with van der Waals surface area (Å²) in [5, 5.41) is 4.13. The molecule has 2 aromatic carbocycles. The highest BCUT2D eigenvalue weighted by molar-refractivity contribution is 7.99. The molecule has 3 rings (SSSR count). The van der Waals surface area contributed by atoms with E-state index >= 15 is 0 Å². The maximum absolute atomic E-state index is 13.4. The smallest absolute Gasteiger partial charge is 0.243 e. The van der Waals surface area contributed by atoms with Gasteiger partial charge in [0.05, 0.1) is 10.0 Å². The number of benzene rings is 2. The second-order valence-electron chi connectivity index (χ2n) is 8.45. The van der Waals surface area contributed by atoms with E-state index in [1.165, 1.54) is 6.42 Å².